The van der Waals surface area contributed by atoms with Crippen molar-refractivity contribution in [3.63, 3.8) is 0 Å². The lowest BCUT2D eigenvalue weighted by Gasteiger charge is -1.99. The van der Waals surface area contributed by atoms with E-state index in [0.29, 0.717) is 0 Å². The zero-order chi connectivity index (χ0) is 16.7. The molecule has 0 aromatic heterocycles. The van der Waals surface area contributed by atoms with E-state index in [0.717, 1.165) is 0 Å². The summed E-state index contributed by atoms with van der Waals surface area (Å²) in [4.78, 5) is 0. The number of hydrogen-bond acceptors (Lipinski definition) is 0. The summed E-state index contributed by atoms with van der Waals surface area (Å²) in [6, 6.07) is 0. The smallest absolute Gasteiger partial charge is 0.0353 e. The maximum atomic E-state index is 3.72. The molecule has 0 fully saturated rings. The van der Waals surface area contributed by atoms with E-state index in [1.54, 1.807) is 0 Å². The molecule has 0 bridgehead atoms. The lowest BCUT2D eigenvalue weighted by atomic mass is 10.1. The Bertz CT molecular complexity index is 163. The van der Waals surface area contributed by atoms with Crippen LogP contribution < -0.4 is 0 Å². The van der Waals surface area contributed by atoms with Gasteiger partial charge < -0.3 is 0 Å². The lowest BCUT2D eigenvalue weighted by molar-refractivity contribution is 0.578. The van der Waals surface area contributed by atoms with Crippen LogP contribution in [-0.2, 0) is 0 Å². The van der Waals surface area contributed by atoms with E-state index >= 15 is 0 Å². The van der Waals surface area contributed by atoms with Crippen molar-refractivity contribution in [3.05, 3.63) is 12.7 Å². The van der Waals surface area contributed by atoms with Crippen LogP contribution in [0.5, 0.6) is 0 Å². The highest BCUT2D eigenvalue weighted by Gasteiger charge is 1.89. The van der Waals surface area contributed by atoms with Gasteiger partial charge in [0.2, 0.25) is 0 Å². The summed E-state index contributed by atoms with van der Waals surface area (Å²) >= 11 is 0. The summed E-state index contributed by atoms with van der Waals surface area (Å²) in [7, 11) is 0. The molecule has 0 amide bonds. The van der Waals surface area contributed by atoms with Gasteiger partial charge in [0, 0.05) is 0 Å². The van der Waals surface area contributed by atoms with E-state index in [2.05, 4.69) is 27.4 Å². The van der Waals surface area contributed by atoms with Gasteiger partial charge in [0.25, 0.3) is 0 Å². The zero-order valence-electron chi connectivity index (χ0n) is 16.3. The molecular formula is C22H46. The third-order valence-corrected chi connectivity index (χ3v) is 4.22. The van der Waals surface area contributed by atoms with Gasteiger partial charge in [-0.25, -0.2) is 0 Å². The molecule has 0 saturated heterocycles. The van der Waals surface area contributed by atoms with Crippen LogP contribution in [0.1, 0.15) is 130 Å². The van der Waals surface area contributed by atoms with E-state index in [4.69, 9.17) is 0 Å². The largest absolute Gasteiger partial charge is 0.103 e. The van der Waals surface area contributed by atoms with E-state index in [1.165, 1.54) is 109 Å². The Morgan fingerprint density at radius 1 is 0.455 bits per heavy atom. The first-order valence-corrected chi connectivity index (χ1v) is 10.4. The van der Waals surface area contributed by atoms with Gasteiger partial charge in [-0.2, -0.15) is 0 Å². The van der Waals surface area contributed by atoms with E-state index < -0.39 is 0 Å². The molecule has 0 rings (SSSR count). The topological polar surface area (TPSA) is 0 Å². The molecule has 0 saturated carbocycles. The molecule has 0 heterocycles. The normalized spacial score (nSPS) is 10.1. The van der Waals surface area contributed by atoms with Gasteiger partial charge in [-0.3, -0.25) is 0 Å². The van der Waals surface area contributed by atoms with Crippen molar-refractivity contribution in [2.75, 3.05) is 0 Å². The second kappa shape index (κ2) is 25.7. The Morgan fingerprint density at radius 2 is 0.727 bits per heavy atom. The first-order valence-electron chi connectivity index (χ1n) is 10.4. The van der Waals surface area contributed by atoms with Crippen LogP contribution in [0.15, 0.2) is 12.7 Å². The van der Waals surface area contributed by atoms with Gasteiger partial charge in [0.15, 0.2) is 0 Å². The third-order valence-electron chi connectivity index (χ3n) is 4.22. The summed E-state index contributed by atoms with van der Waals surface area (Å²) in [5.74, 6) is 0. The highest BCUT2D eigenvalue weighted by molar-refractivity contribution is 4.65. The van der Waals surface area contributed by atoms with Crippen molar-refractivity contribution >= 4 is 0 Å². The average molecular weight is 311 g/mol. The molecule has 0 atom stereocenters. The van der Waals surface area contributed by atoms with Gasteiger partial charge in [0.05, 0.1) is 0 Å². The predicted octanol–water partition coefficient (Wildman–Crippen LogP) is 8.85. The zero-order valence-corrected chi connectivity index (χ0v) is 16.3. The molecular weight excluding hydrogens is 264 g/mol. The molecule has 134 valence electrons. The Kier molecular flexibility index (Phi) is 28.0. The monoisotopic (exact) mass is 310 g/mol. The van der Waals surface area contributed by atoms with Crippen LogP contribution in [-0.4, -0.2) is 0 Å². The number of rotatable bonds is 16. The summed E-state index contributed by atoms with van der Waals surface area (Å²) in [6.07, 6.45) is 26.0. The molecule has 22 heavy (non-hydrogen) atoms. The summed E-state index contributed by atoms with van der Waals surface area (Å²) in [5, 5.41) is 0. The van der Waals surface area contributed by atoms with Crippen LogP contribution in [0, 0.1) is 0 Å². The van der Waals surface area contributed by atoms with E-state index in [9.17, 15) is 0 Å². The maximum absolute atomic E-state index is 3.72. The fourth-order valence-corrected chi connectivity index (χ4v) is 2.63. The van der Waals surface area contributed by atoms with Crippen LogP contribution in [0.2, 0.25) is 0 Å². The quantitative estimate of drug-likeness (QED) is 0.197. The number of unbranched alkanes of at least 4 members (excludes halogenated alkanes) is 15. The van der Waals surface area contributed by atoms with E-state index in [1.807, 2.05) is 6.08 Å². The maximum Gasteiger partial charge on any atom is -0.0353 e. The summed E-state index contributed by atoms with van der Waals surface area (Å²) < 4.78 is 0. The van der Waals surface area contributed by atoms with Gasteiger partial charge in [0.1, 0.15) is 0 Å². The molecule has 0 aromatic carbocycles. The molecule has 0 N–H and O–H groups in total. The Hall–Kier alpha value is -0.260. The highest BCUT2D eigenvalue weighted by Crippen LogP contribution is 2.09. The second-order valence-corrected chi connectivity index (χ2v) is 6.67. The molecule has 0 nitrogen and oxygen atoms in total. The predicted molar refractivity (Wildman–Crippen MR) is 106 cm³/mol. The molecule has 0 spiro atoms. The molecule has 0 aromatic rings. The van der Waals surface area contributed by atoms with Crippen molar-refractivity contribution in [3.8, 4) is 0 Å². The fraction of sp³-hybridized carbons (Fsp3) is 0.909. The van der Waals surface area contributed by atoms with Crippen molar-refractivity contribution in [1.29, 1.82) is 0 Å². The molecule has 0 unspecified atom stereocenters. The van der Waals surface area contributed by atoms with Gasteiger partial charge in [-0.1, -0.05) is 123 Å². The van der Waals surface area contributed by atoms with Crippen LogP contribution in [0.4, 0.5) is 0 Å². The Morgan fingerprint density at radius 3 is 1.00 bits per heavy atom. The van der Waals surface area contributed by atoms with Crippen molar-refractivity contribution in [2.45, 2.75) is 130 Å². The standard InChI is InChI=1S/C12H24.C10H22/c1-3-5-7-9-11-12-10-8-6-4-2;1-3-5-7-9-10-8-6-4-2/h3H,1,4-12H2,2H3;3-10H2,1-2H3. The molecule has 0 radical (unpaired) electrons. The van der Waals surface area contributed by atoms with Crippen LogP contribution >= 0.6 is 0 Å². The van der Waals surface area contributed by atoms with Crippen molar-refractivity contribution in [1.82, 2.24) is 0 Å². The SMILES string of the molecule is C=CCCCCCCCCCC.CCCCCCCCCC. The number of allylic oxidation sites excluding steroid dienone is 1. The molecule has 0 aliphatic rings. The first kappa shape index (κ1) is 24.0. The van der Waals surface area contributed by atoms with Crippen LogP contribution in [0.3, 0.4) is 0 Å². The summed E-state index contributed by atoms with van der Waals surface area (Å²) in [5.41, 5.74) is 0. The molecule has 0 aliphatic heterocycles. The number of hydrogen-bond donors (Lipinski definition) is 0. The van der Waals surface area contributed by atoms with Gasteiger partial charge in [-0.05, 0) is 12.8 Å². The average Bonchev–Trinajstić information content (AvgIpc) is 2.54. The minimum absolute atomic E-state index is 1.20. The van der Waals surface area contributed by atoms with Gasteiger partial charge >= 0.3 is 0 Å². The van der Waals surface area contributed by atoms with E-state index in [-0.39, 0.29) is 0 Å². The fourth-order valence-electron chi connectivity index (χ4n) is 2.63. The highest BCUT2D eigenvalue weighted by atomic mass is 14.0. The van der Waals surface area contributed by atoms with Crippen molar-refractivity contribution in [2.24, 2.45) is 0 Å². The Labute approximate surface area is 143 Å². The minimum Gasteiger partial charge on any atom is -0.103 e. The minimum atomic E-state index is 1.20. The lowest BCUT2D eigenvalue weighted by Crippen LogP contribution is -1.79. The summed E-state index contributed by atoms with van der Waals surface area (Å²) in [6.45, 7) is 10.5. The molecule has 0 heteroatoms. The Balaban J connectivity index is 0. The second-order valence-electron chi connectivity index (χ2n) is 6.67. The van der Waals surface area contributed by atoms with Crippen molar-refractivity contribution < 1.29 is 0 Å². The molecule has 0 aliphatic carbocycles. The first-order chi connectivity index (χ1) is 10.8. The van der Waals surface area contributed by atoms with Crippen LogP contribution in [0.25, 0.3) is 0 Å². The third kappa shape index (κ3) is 28.0. The van der Waals surface area contributed by atoms with Gasteiger partial charge in [-0.15, -0.1) is 6.58 Å².